The molecule has 3 nitrogen and oxygen atoms in total. The van der Waals surface area contributed by atoms with Crippen molar-refractivity contribution in [3.05, 3.63) is 35.9 Å². The standard InChI is InChI=1S/C14H21NO2/c16-14-7-4-8-15(11-14)9-10-17-12-13-5-2-1-3-6-13/h1-3,5-6,14,16H,4,7-12H2. The summed E-state index contributed by atoms with van der Waals surface area (Å²) in [6.07, 6.45) is 1.90. The van der Waals surface area contributed by atoms with Crippen molar-refractivity contribution in [2.75, 3.05) is 26.2 Å². The van der Waals surface area contributed by atoms with E-state index in [4.69, 9.17) is 4.74 Å². The molecule has 1 aliphatic heterocycles. The molecule has 17 heavy (non-hydrogen) atoms. The van der Waals surface area contributed by atoms with Gasteiger partial charge >= 0.3 is 0 Å². The highest BCUT2D eigenvalue weighted by molar-refractivity contribution is 5.13. The van der Waals surface area contributed by atoms with Crippen molar-refractivity contribution in [1.82, 2.24) is 4.90 Å². The Morgan fingerprint density at radius 2 is 2.12 bits per heavy atom. The molecule has 0 aliphatic carbocycles. The fourth-order valence-electron chi connectivity index (χ4n) is 2.19. The first-order chi connectivity index (χ1) is 8.34. The molecule has 1 fully saturated rings. The van der Waals surface area contributed by atoms with E-state index in [1.165, 1.54) is 5.56 Å². The summed E-state index contributed by atoms with van der Waals surface area (Å²) in [4.78, 5) is 2.28. The first-order valence-corrected chi connectivity index (χ1v) is 6.36. The van der Waals surface area contributed by atoms with Gasteiger partial charge in [-0.3, -0.25) is 4.90 Å². The lowest BCUT2D eigenvalue weighted by molar-refractivity contribution is 0.0412. The zero-order valence-corrected chi connectivity index (χ0v) is 10.2. The number of hydrogen-bond donors (Lipinski definition) is 1. The summed E-state index contributed by atoms with van der Waals surface area (Å²) in [6.45, 7) is 4.23. The summed E-state index contributed by atoms with van der Waals surface area (Å²) in [6, 6.07) is 10.2. The van der Waals surface area contributed by atoms with Crippen LogP contribution in [0.3, 0.4) is 0 Å². The van der Waals surface area contributed by atoms with E-state index in [0.717, 1.165) is 39.1 Å². The number of piperidine rings is 1. The molecule has 0 aromatic heterocycles. The molecule has 1 atom stereocenters. The van der Waals surface area contributed by atoms with Gasteiger partial charge in [-0.05, 0) is 24.9 Å². The molecule has 1 aliphatic rings. The smallest absolute Gasteiger partial charge is 0.0717 e. The van der Waals surface area contributed by atoms with E-state index in [2.05, 4.69) is 17.0 Å². The Balaban J connectivity index is 1.60. The third-order valence-corrected chi connectivity index (χ3v) is 3.14. The highest BCUT2D eigenvalue weighted by Gasteiger charge is 2.16. The number of rotatable bonds is 5. The van der Waals surface area contributed by atoms with Crippen LogP contribution in [-0.2, 0) is 11.3 Å². The van der Waals surface area contributed by atoms with Crippen LogP contribution in [-0.4, -0.2) is 42.4 Å². The lowest BCUT2D eigenvalue weighted by atomic mass is 10.1. The highest BCUT2D eigenvalue weighted by atomic mass is 16.5. The number of ether oxygens (including phenoxy) is 1. The van der Waals surface area contributed by atoms with Gasteiger partial charge in [0.25, 0.3) is 0 Å². The summed E-state index contributed by atoms with van der Waals surface area (Å²) < 4.78 is 5.63. The minimum absolute atomic E-state index is 0.141. The zero-order chi connectivity index (χ0) is 11.9. The Bertz CT molecular complexity index is 315. The molecular formula is C14H21NO2. The molecule has 1 heterocycles. The number of aliphatic hydroxyl groups is 1. The van der Waals surface area contributed by atoms with Crippen molar-refractivity contribution in [2.24, 2.45) is 0 Å². The van der Waals surface area contributed by atoms with Crippen LogP contribution in [0.25, 0.3) is 0 Å². The highest BCUT2D eigenvalue weighted by Crippen LogP contribution is 2.09. The lowest BCUT2D eigenvalue weighted by Crippen LogP contribution is -2.39. The number of hydrogen-bond acceptors (Lipinski definition) is 3. The van der Waals surface area contributed by atoms with Crippen molar-refractivity contribution >= 4 is 0 Å². The molecule has 0 amide bonds. The summed E-state index contributed by atoms with van der Waals surface area (Å²) in [5.41, 5.74) is 1.21. The van der Waals surface area contributed by atoms with Gasteiger partial charge in [-0.2, -0.15) is 0 Å². The largest absolute Gasteiger partial charge is 0.392 e. The number of nitrogens with zero attached hydrogens (tertiary/aromatic N) is 1. The molecular weight excluding hydrogens is 214 g/mol. The number of likely N-dealkylation sites (tertiary alicyclic amines) is 1. The SMILES string of the molecule is OC1CCCN(CCOCc2ccccc2)C1. The second-order valence-corrected chi connectivity index (χ2v) is 4.63. The Labute approximate surface area is 103 Å². The molecule has 1 aromatic rings. The molecule has 0 radical (unpaired) electrons. The van der Waals surface area contributed by atoms with Crippen molar-refractivity contribution in [1.29, 1.82) is 0 Å². The van der Waals surface area contributed by atoms with E-state index < -0.39 is 0 Å². The maximum absolute atomic E-state index is 9.53. The fourth-order valence-corrected chi connectivity index (χ4v) is 2.19. The van der Waals surface area contributed by atoms with Gasteiger partial charge in [0.15, 0.2) is 0 Å². The molecule has 1 aromatic carbocycles. The summed E-state index contributed by atoms with van der Waals surface area (Å²) >= 11 is 0. The van der Waals surface area contributed by atoms with Crippen LogP contribution in [0.15, 0.2) is 30.3 Å². The van der Waals surface area contributed by atoms with E-state index in [1.807, 2.05) is 18.2 Å². The van der Waals surface area contributed by atoms with Crippen molar-refractivity contribution in [2.45, 2.75) is 25.6 Å². The van der Waals surface area contributed by atoms with Crippen LogP contribution in [0.2, 0.25) is 0 Å². The van der Waals surface area contributed by atoms with Gasteiger partial charge in [0.05, 0.1) is 19.3 Å². The Hall–Kier alpha value is -0.900. The van der Waals surface area contributed by atoms with Gasteiger partial charge in [0.2, 0.25) is 0 Å². The number of aliphatic hydroxyl groups excluding tert-OH is 1. The second kappa shape index (κ2) is 6.74. The summed E-state index contributed by atoms with van der Waals surface area (Å²) in [7, 11) is 0. The van der Waals surface area contributed by atoms with Crippen LogP contribution in [0, 0.1) is 0 Å². The van der Waals surface area contributed by atoms with E-state index in [0.29, 0.717) is 6.61 Å². The summed E-state index contributed by atoms with van der Waals surface area (Å²) in [5, 5.41) is 9.53. The average molecular weight is 235 g/mol. The predicted octanol–water partition coefficient (Wildman–Crippen LogP) is 1.66. The molecule has 0 saturated carbocycles. The van der Waals surface area contributed by atoms with Gasteiger partial charge in [0, 0.05) is 13.1 Å². The average Bonchev–Trinajstić information content (AvgIpc) is 2.36. The van der Waals surface area contributed by atoms with Crippen molar-refractivity contribution in [3.63, 3.8) is 0 Å². The molecule has 1 unspecified atom stereocenters. The van der Waals surface area contributed by atoms with E-state index in [-0.39, 0.29) is 6.10 Å². The van der Waals surface area contributed by atoms with Gasteiger partial charge in [-0.1, -0.05) is 30.3 Å². The molecule has 2 rings (SSSR count). The number of benzene rings is 1. The molecule has 94 valence electrons. The molecule has 1 saturated heterocycles. The monoisotopic (exact) mass is 235 g/mol. The minimum atomic E-state index is -0.141. The van der Waals surface area contributed by atoms with Gasteiger partial charge in [-0.25, -0.2) is 0 Å². The molecule has 0 spiro atoms. The quantitative estimate of drug-likeness (QED) is 0.788. The first kappa shape index (κ1) is 12.6. The molecule has 1 N–H and O–H groups in total. The van der Waals surface area contributed by atoms with Gasteiger partial charge in [0.1, 0.15) is 0 Å². The lowest BCUT2D eigenvalue weighted by Gasteiger charge is -2.29. The first-order valence-electron chi connectivity index (χ1n) is 6.36. The Morgan fingerprint density at radius 1 is 1.29 bits per heavy atom. The van der Waals surface area contributed by atoms with Crippen LogP contribution in [0.5, 0.6) is 0 Å². The van der Waals surface area contributed by atoms with E-state index in [1.54, 1.807) is 0 Å². The third kappa shape index (κ3) is 4.46. The van der Waals surface area contributed by atoms with Crippen molar-refractivity contribution in [3.8, 4) is 0 Å². The fraction of sp³-hybridized carbons (Fsp3) is 0.571. The van der Waals surface area contributed by atoms with Crippen molar-refractivity contribution < 1.29 is 9.84 Å². The van der Waals surface area contributed by atoms with Gasteiger partial charge < -0.3 is 9.84 Å². The van der Waals surface area contributed by atoms with E-state index in [9.17, 15) is 5.11 Å². The second-order valence-electron chi connectivity index (χ2n) is 4.63. The maximum atomic E-state index is 9.53. The third-order valence-electron chi connectivity index (χ3n) is 3.14. The maximum Gasteiger partial charge on any atom is 0.0717 e. The Morgan fingerprint density at radius 3 is 2.88 bits per heavy atom. The minimum Gasteiger partial charge on any atom is -0.392 e. The normalized spacial score (nSPS) is 21.6. The van der Waals surface area contributed by atoms with E-state index >= 15 is 0 Å². The zero-order valence-electron chi connectivity index (χ0n) is 10.2. The van der Waals surface area contributed by atoms with Crippen LogP contribution >= 0.6 is 0 Å². The van der Waals surface area contributed by atoms with Crippen LogP contribution < -0.4 is 0 Å². The topological polar surface area (TPSA) is 32.7 Å². The molecule has 0 bridgehead atoms. The molecule has 3 heteroatoms. The van der Waals surface area contributed by atoms with Crippen LogP contribution in [0.4, 0.5) is 0 Å². The Kier molecular flexibility index (Phi) is 4.98. The van der Waals surface area contributed by atoms with Crippen LogP contribution in [0.1, 0.15) is 18.4 Å². The number of β-amino-alcohol motifs (C(OH)–C–C–N with tert-alkyl or cyclic N) is 1. The summed E-state index contributed by atoms with van der Waals surface area (Å²) in [5.74, 6) is 0. The predicted molar refractivity (Wildman–Crippen MR) is 67.8 cm³/mol. The van der Waals surface area contributed by atoms with Gasteiger partial charge in [-0.15, -0.1) is 0 Å².